The lowest BCUT2D eigenvalue weighted by Crippen LogP contribution is -2.33. The van der Waals surface area contributed by atoms with E-state index in [2.05, 4.69) is 15.8 Å². The summed E-state index contributed by atoms with van der Waals surface area (Å²) in [7, 11) is 1.50. The van der Waals surface area contributed by atoms with Crippen molar-refractivity contribution in [2.45, 2.75) is 13.8 Å². The minimum Gasteiger partial charge on any atom is -0.497 e. The van der Waals surface area contributed by atoms with Crippen molar-refractivity contribution >= 4 is 40.8 Å². The van der Waals surface area contributed by atoms with Crippen molar-refractivity contribution in [1.29, 1.82) is 0 Å². The van der Waals surface area contributed by atoms with Crippen molar-refractivity contribution in [2.24, 2.45) is 5.10 Å². The molecule has 0 unspecified atom stereocenters. The van der Waals surface area contributed by atoms with Crippen LogP contribution in [0.2, 0.25) is 5.02 Å². The Morgan fingerprint density at radius 3 is 2.44 bits per heavy atom. The Morgan fingerprint density at radius 2 is 1.68 bits per heavy atom. The lowest BCUT2D eigenvalue weighted by Gasteiger charge is -2.11. The molecule has 3 aromatic rings. The van der Waals surface area contributed by atoms with Crippen molar-refractivity contribution in [3.8, 4) is 11.5 Å². The summed E-state index contributed by atoms with van der Waals surface area (Å²) in [5.74, 6) is -1.69. The largest absolute Gasteiger partial charge is 0.497 e. The van der Waals surface area contributed by atoms with Crippen LogP contribution in [-0.4, -0.2) is 30.6 Å². The zero-order valence-electron chi connectivity index (χ0n) is 18.7. The second-order valence-corrected chi connectivity index (χ2v) is 7.53. The third-order valence-electron chi connectivity index (χ3n) is 4.83. The Balaban J connectivity index is 1.70. The zero-order valence-corrected chi connectivity index (χ0v) is 19.5. The normalized spacial score (nSPS) is 10.9. The highest BCUT2D eigenvalue weighted by Crippen LogP contribution is 2.23. The zero-order chi connectivity index (χ0) is 24.7. The maximum absolute atomic E-state index is 12.6. The molecule has 0 radical (unpaired) electrons. The van der Waals surface area contributed by atoms with E-state index in [1.54, 1.807) is 80.6 Å². The number of esters is 1. The Bertz CT molecular complexity index is 1270. The number of carbonyl (C=O) groups is 3. The van der Waals surface area contributed by atoms with Crippen LogP contribution in [0.3, 0.4) is 0 Å². The second-order valence-electron chi connectivity index (χ2n) is 7.12. The average Bonchev–Trinajstić information content (AvgIpc) is 2.85. The molecule has 0 saturated carbocycles. The van der Waals surface area contributed by atoms with Crippen molar-refractivity contribution < 1.29 is 23.9 Å². The molecule has 0 bridgehead atoms. The Labute approximate surface area is 201 Å². The van der Waals surface area contributed by atoms with Gasteiger partial charge < -0.3 is 14.8 Å². The molecule has 34 heavy (non-hydrogen) atoms. The standard InChI is InChI=1S/C25H22ClN3O5/c1-15-20(26)11-7-12-21(15)27-23(30)24(31)29-28-16(2)19-10-4-5-13-22(19)34-25(32)17-8-6-9-18(14-17)33-3/h4-14H,1-3H3,(H,27,30)(H,29,31)/b28-16+. The molecule has 0 fully saturated rings. The number of nitrogens with one attached hydrogen (secondary N) is 2. The number of para-hydroxylation sites is 1. The van der Waals surface area contributed by atoms with Crippen LogP contribution in [0.1, 0.15) is 28.4 Å². The minimum absolute atomic E-state index is 0.241. The number of nitrogens with zero attached hydrogens (tertiary/aromatic N) is 1. The first-order valence-electron chi connectivity index (χ1n) is 10.2. The van der Waals surface area contributed by atoms with Gasteiger partial charge in [0.05, 0.1) is 18.4 Å². The first kappa shape index (κ1) is 24.5. The number of halogens is 1. The minimum atomic E-state index is -0.968. The molecule has 3 rings (SSSR count). The first-order chi connectivity index (χ1) is 16.3. The monoisotopic (exact) mass is 479 g/mol. The van der Waals surface area contributed by atoms with E-state index in [0.717, 1.165) is 0 Å². The lowest BCUT2D eigenvalue weighted by molar-refractivity contribution is -0.136. The molecular weight excluding hydrogens is 458 g/mol. The van der Waals surface area contributed by atoms with Crippen LogP contribution in [0.25, 0.3) is 0 Å². The summed E-state index contributed by atoms with van der Waals surface area (Å²) >= 11 is 6.04. The van der Waals surface area contributed by atoms with Crippen LogP contribution in [0.4, 0.5) is 5.69 Å². The van der Waals surface area contributed by atoms with E-state index in [4.69, 9.17) is 21.1 Å². The first-order valence-corrected chi connectivity index (χ1v) is 10.5. The topological polar surface area (TPSA) is 106 Å². The molecule has 0 aliphatic heterocycles. The molecule has 0 aliphatic carbocycles. The van der Waals surface area contributed by atoms with E-state index in [0.29, 0.717) is 38.9 Å². The average molecular weight is 480 g/mol. The van der Waals surface area contributed by atoms with Gasteiger partial charge in [0.15, 0.2) is 0 Å². The number of hydrazone groups is 1. The van der Waals surface area contributed by atoms with E-state index < -0.39 is 17.8 Å². The maximum atomic E-state index is 12.6. The van der Waals surface area contributed by atoms with Gasteiger partial charge in [-0.25, -0.2) is 10.2 Å². The molecule has 9 heteroatoms. The summed E-state index contributed by atoms with van der Waals surface area (Å²) in [6.07, 6.45) is 0. The van der Waals surface area contributed by atoms with Crippen LogP contribution in [-0.2, 0) is 9.59 Å². The number of hydrogen-bond acceptors (Lipinski definition) is 6. The lowest BCUT2D eigenvalue weighted by atomic mass is 10.1. The van der Waals surface area contributed by atoms with E-state index in [9.17, 15) is 14.4 Å². The Hall–Kier alpha value is -4.17. The number of rotatable bonds is 6. The molecule has 2 N–H and O–H groups in total. The van der Waals surface area contributed by atoms with Crippen molar-refractivity contribution in [1.82, 2.24) is 5.43 Å². The molecule has 2 amide bonds. The predicted octanol–water partition coefficient (Wildman–Crippen LogP) is 4.36. The van der Waals surface area contributed by atoms with Crippen LogP contribution >= 0.6 is 11.6 Å². The van der Waals surface area contributed by atoms with Gasteiger partial charge in [0.1, 0.15) is 11.5 Å². The van der Waals surface area contributed by atoms with Crippen LogP contribution in [0, 0.1) is 6.92 Å². The molecule has 174 valence electrons. The predicted molar refractivity (Wildman–Crippen MR) is 130 cm³/mol. The van der Waals surface area contributed by atoms with E-state index in [1.165, 1.54) is 7.11 Å². The fourth-order valence-electron chi connectivity index (χ4n) is 2.93. The van der Waals surface area contributed by atoms with Gasteiger partial charge in [-0.05, 0) is 61.9 Å². The number of methoxy groups -OCH3 is 1. The summed E-state index contributed by atoms with van der Waals surface area (Å²) in [6.45, 7) is 3.33. The van der Waals surface area contributed by atoms with Crippen molar-refractivity contribution in [3.63, 3.8) is 0 Å². The smallest absolute Gasteiger partial charge is 0.343 e. The van der Waals surface area contributed by atoms with Gasteiger partial charge in [0.2, 0.25) is 0 Å². The third-order valence-corrected chi connectivity index (χ3v) is 5.24. The molecule has 0 aromatic heterocycles. The summed E-state index contributed by atoms with van der Waals surface area (Å²) in [6, 6.07) is 18.2. The maximum Gasteiger partial charge on any atom is 0.343 e. The highest BCUT2D eigenvalue weighted by atomic mass is 35.5. The van der Waals surface area contributed by atoms with Crippen LogP contribution in [0.5, 0.6) is 11.5 Å². The second kappa shape index (κ2) is 11.1. The van der Waals surface area contributed by atoms with Gasteiger partial charge in [0, 0.05) is 16.3 Å². The summed E-state index contributed by atoms with van der Waals surface area (Å²) in [5, 5.41) is 6.94. The molecular formula is C25H22ClN3O5. The third kappa shape index (κ3) is 5.99. The quantitative estimate of drug-likeness (QED) is 0.180. The molecule has 0 atom stereocenters. The van der Waals surface area contributed by atoms with Crippen LogP contribution < -0.4 is 20.2 Å². The van der Waals surface area contributed by atoms with Gasteiger partial charge in [-0.2, -0.15) is 5.10 Å². The van der Waals surface area contributed by atoms with Gasteiger partial charge in [-0.15, -0.1) is 0 Å². The van der Waals surface area contributed by atoms with Gasteiger partial charge in [0.25, 0.3) is 0 Å². The fraction of sp³-hybridized carbons (Fsp3) is 0.120. The van der Waals surface area contributed by atoms with Gasteiger partial charge in [-0.3, -0.25) is 9.59 Å². The van der Waals surface area contributed by atoms with Crippen LogP contribution in [0.15, 0.2) is 71.8 Å². The van der Waals surface area contributed by atoms with E-state index in [-0.39, 0.29) is 5.75 Å². The Kier molecular flexibility index (Phi) is 8.00. The number of anilines is 1. The Morgan fingerprint density at radius 1 is 0.941 bits per heavy atom. The molecule has 0 aliphatic rings. The van der Waals surface area contributed by atoms with E-state index >= 15 is 0 Å². The van der Waals surface area contributed by atoms with Crippen molar-refractivity contribution in [2.75, 3.05) is 12.4 Å². The van der Waals surface area contributed by atoms with Crippen molar-refractivity contribution in [3.05, 3.63) is 88.4 Å². The summed E-state index contributed by atoms with van der Waals surface area (Å²) in [5.41, 5.74) is 4.37. The molecule has 0 heterocycles. The van der Waals surface area contributed by atoms with E-state index in [1.807, 2.05) is 0 Å². The molecule has 8 nitrogen and oxygen atoms in total. The fourth-order valence-corrected chi connectivity index (χ4v) is 3.11. The number of carbonyl (C=O) groups excluding carboxylic acids is 3. The molecule has 0 saturated heterocycles. The molecule has 0 spiro atoms. The summed E-state index contributed by atoms with van der Waals surface area (Å²) in [4.78, 5) is 37.0. The number of benzene rings is 3. The van der Waals surface area contributed by atoms with Gasteiger partial charge >= 0.3 is 17.8 Å². The highest BCUT2D eigenvalue weighted by Gasteiger charge is 2.17. The number of hydrogen-bond donors (Lipinski definition) is 2. The number of amides is 2. The number of ether oxygens (including phenoxy) is 2. The highest BCUT2D eigenvalue weighted by molar-refractivity contribution is 6.40. The summed E-state index contributed by atoms with van der Waals surface area (Å²) < 4.78 is 10.7. The molecule has 3 aromatic carbocycles. The SMILES string of the molecule is COc1cccc(C(=O)Oc2ccccc2/C(C)=N/NC(=O)C(=O)Nc2cccc(Cl)c2C)c1. The van der Waals surface area contributed by atoms with Gasteiger partial charge in [-0.1, -0.05) is 35.9 Å².